The topological polar surface area (TPSA) is 16.3 Å². The van der Waals surface area contributed by atoms with Crippen LogP contribution in [-0.4, -0.2) is 9.13 Å². The second-order valence-electron chi connectivity index (χ2n) is 21.1. The number of nitrogens with zero attached hydrogens (tertiary/aromatic N) is 4. The van der Waals surface area contributed by atoms with Crippen LogP contribution in [0.1, 0.15) is 0 Å². The quantitative estimate of drug-likeness (QED) is 0.136. The summed E-state index contributed by atoms with van der Waals surface area (Å²) in [6, 6.07) is 122. The molecule has 0 unspecified atom stereocenters. The van der Waals surface area contributed by atoms with E-state index < -0.39 is 0 Å². The highest BCUT2D eigenvalue weighted by Gasteiger charge is 2.23. The highest BCUT2D eigenvalue weighted by molar-refractivity contribution is 6.18. The minimum absolute atomic E-state index is 1.13. The smallest absolute Gasteiger partial charge is 0.0619 e. The van der Waals surface area contributed by atoms with E-state index in [1.165, 1.54) is 87.4 Å². The molecule has 0 saturated carbocycles. The number of anilines is 6. The number of benzene rings is 14. The molecule has 2 heterocycles. The minimum Gasteiger partial charge on any atom is -0.310 e. The van der Waals surface area contributed by atoms with Crippen molar-refractivity contribution in [2.24, 2.45) is 0 Å². The molecule has 4 heteroatoms. The maximum atomic E-state index is 2.42. The van der Waals surface area contributed by atoms with E-state index in [4.69, 9.17) is 0 Å². The molecule has 0 aliphatic rings. The molecule has 0 fully saturated rings. The van der Waals surface area contributed by atoms with Gasteiger partial charge < -0.3 is 18.9 Å². The standard InChI is InChI=1S/2C40H28N2/c1-4-15-29(16-5-1)41(30-17-6-2-7-18-30)38-28-14-23-32-33(22-12-24-34(32)38)36-25-13-26-37-35-21-10-11-27-39(35)42(40(36)37)31-19-8-3-9-20-31;1-4-15-29(16-5-1)41(30-17-6-2-7-18-30)39-28-27-33(32-21-10-11-22-34(32)39)36-24-14-25-37-35-23-12-13-26-38(35)42(40(36)37)31-19-8-3-9-20-31/h2*1-28H. The fraction of sp³-hybridized carbons (Fsp3) is 0. The lowest BCUT2D eigenvalue weighted by atomic mass is 9.94. The maximum absolute atomic E-state index is 2.42. The maximum Gasteiger partial charge on any atom is 0.0619 e. The molecule has 84 heavy (non-hydrogen) atoms. The van der Waals surface area contributed by atoms with Crippen LogP contribution in [0.5, 0.6) is 0 Å². The molecule has 16 aromatic rings. The van der Waals surface area contributed by atoms with E-state index in [1.807, 2.05) is 0 Å². The minimum atomic E-state index is 1.13. The van der Waals surface area contributed by atoms with E-state index in [2.05, 4.69) is 359 Å². The normalized spacial score (nSPS) is 11.3. The van der Waals surface area contributed by atoms with Crippen molar-refractivity contribution in [2.75, 3.05) is 9.80 Å². The second kappa shape index (κ2) is 21.7. The van der Waals surface area contributed by atoms with Gasteiger partial charge in [0.15, 0.2) is 0 Å². The highest BCUT2D eigenvalue weighted by atomic mass is 15.1. The van der Waals surface area contributed by atoms with Crippen molar-refractivity contribution in [3.63, 3.8) is 0 Å². The van der Waals surface area contributed by atoms with Crippen molar-refractivity contribution in [1.82, 2.24) is 9.13 Å². The summed E-state index contributed by atoms with van der Waals surface area (Å²) >= 11 is 0. The van der Waals surface area contributed by atoms with Crippen molar-refractivity contribution in [3.8, 4) is 33.6 Å². The summed E-state index contributed by atoms with van der Waals surface area (Å²) in [6.45, 7) is 0. The number of hydrogen-bond acceptors (Lipinski definition) is 2. The second-order valence-corrected chi connectivity index (χ2v) is 21.1. The molecule has 0 atom stereocenters. The average molecular weight is 1070 g/mol. The molecule has 0 aliphatic heterocycles. The first-order valence-corrected chi connectivity index (χ1v) is 28.8. The molecule has 14 aromatic carbocycles. The summed E-state index contributed by atoms with van der Waals surface area (Å²) in [6.07, 6.45) is 0. The lowest BCUT2D eigenvalue weighted by molar-refractivity contribution is 1.18. The predicted octanol–water partition coefficient (Wildman–Crippen LogP) is 22.1. The van der Waals surface area contributed by atoms with Gasteiger partial charge >= 0.3 is 0 Å². The van der Waals surface area contributed by atoms with Gasteiger partial charge in [-0.05, 0) is 119 Å². The molecule has 0 radical (unpaired) electrons. The molecule has 2 aromatic heterocycles. The fourth-order valence-corrected chi connectivity index (χ4v) is 12.8. The number of aromatic nitrogens is 2. The van der Waals surface area contributed by atoms with Gasteiger partial charge in [0.05, 0.1) is 33.4 Å². The first-order chi connectivity index (χ1) is 41.8. The Labute approximate surface area is 488 Å². The summed E-state index contributed by atoms with van der Waals surface area (Å²) in [4.78, 5) is 4.71. The first kappa shape index (κ1) is 49.8. The van der Waals surface area contributed by atoms with E-state index in [9.17, 15) is 0 Å². The zero-order valence-electron chi connectivity index (χ0n) is 46.1. The Balaban J connectivity index is 0.000000143. The molecule has 0 bridgehead atoms. The first-order valence-electron chi connectivity index (χ1n) is 28.8. The Morgan fingerprint density at radius 3 is 0.893 bits per heavy atom. The summed E-state index contributed by atoms with van der Waals surface area (Å²) in [7, 11) is 0. The lowest BCUT2D eigenvalue weighted by Gasteiger charge is -2.27. The van der Waals surface area contributed by atoms with Gasteiger partial charge in [0.1, 0.15) is 0 Å². The highest BCUT2D eigenvalue weighted by Crippen LogP contribution is 2.47. The number of fused-ring (bicyclic) bond motifs is 8. The third-order valence-electron chi connectivity index (χ3n) is 16.3. The van der Waals surface area contributed by atoms with Crippen LogP contribution in [0.25, 0.3) is 98.8 Å². The Hall–Kier alpha value is -11.2. The third-order valence-corrected chi connectivity index (χ3v) is 16.3. The molecule has 16 rings (SSSR count). The zero-order valence-corrected chi connectivity index (χ0v) is 46.1. The van der Waals surface area contributed by atoms with Gasteiger partial charge in [-0.15, -0.1) is 0 Å². The van der Waals surface area contributed by atoms with E-state index in [-0.39, 0.29) is 0 Å². The van der Waals surface area contributed by atoms with Crippen molar-refractivity contribution in [2.45, 2.75) is 0 Å². The molecular formula is C80H56N4. The summed E-state index contributed by atoms with van der Waals surface area (Å²) < 4.78 is 4.84. The van der Waals surface area contributed by atoms with Crippen LogP contribution >= 0.6 is 0 Å². The molecule has 0 saturated heterocycles. The van der Waals surface area contributed by atoms with Crippen molar-refractivity contribution in [3.05, 3.63) is 340 Å². The monoisotopic (exact) mass is 1070 g/mol. The largest absolute Gasteiger partial charge is 0.310 e. The summed E-state index contributed by atoms with van der Waals surface area (Å²) in [5.41, 5.74) is 18.9. The molecule has 0 N–H and O–H groups in total. The van der Waals surface area contributed by atoms with Gasteiger partial charge in [-0.2, -0.15) is 0 Å². The molecular weight excluding hydrogens is 1020 g/mol. The predicted molar refractivity (Wildman–Crippen MR) is 357 cm³/mol. The van der Waals surface area contributed by atoms with Gasteiger partial charge in [0.2, 0.25) is 0 Å². The zero-order chi connectivity index (χ0) is 55.8. The van der Waals surface area contributed by atoms with Crippen LogP contribution in [-0.2, 0) is 0 Å². The summed E-state index contributed by atoms with van der Waals surface area (Å²) in [5.74, 6) is 0. The van der Waals surface area contributed by atoms with Gasteiger partial charge in [0.25, 0.3) is 0 Å². The Morgan fingerprint density at radius 1 is 0.179 bits per heavy atom. The van der Waals surface area contributed by atoms with Crippen LogP contribution in [0, 0.1) is 0 Å². The van der Waals surface area contributed by atoms with Crippen molar-refractivity contribution in [1.29, 1.82) is 0 Å². The number of rotatable bonds is 10. The van der Waals surface area contributed by atoms with Gasteiger partial charge in [-0.1, -0.05) is 243 Å². The van der Waals surface area contributed by atoms with E-state index >= 15 is 0 Å². The average Bonchev–Trinajstić information content (AvgIpc) is 2.25. The van der Waals surface area contributed by atoms with Gasteiger partial charge in [-0.3, -0.25) is 0 Å². The molecule has 0 amide bonds. The number of hydrogen-bond donors (Lipinski definition) is 0. The fourth-order valence-electron chi connectivity index (χ4n) is 12.8. The number of para-hydroxylation sites is 10. The summed E-state index contributed by atoms with van der Waals surface area (Å²) in [5, 5.41) is 9.92. The third kappa shape index (κ3) is 8.73. The van der Waals surface area contributed by atoms with Gasteiger partial charge in [0, 0.05) is 77.6 Å². The van der Waals surface area contributed by atoms with Crippen LogP contribution < -0.4 is 9.80 Å². The molecule has 4 nitrogen and oxygen atoms in total. The Morgan fingerprint density at radius 2 is 0.464 bits per heavy atom. The van der Waals surface area contributed by atoms with E-state index in [0.29, 0.717) is 0 Å². The van der Waals surface area contributed by atoms with Crippen LogP contribution in [0.3, 0.4) is 0 Å². The SMILES string of the molecule is c1ccc(N(c2ccccc2)c2ccc(-c3cccc4c5ccccc5n(-c5ccccc5)c34)c3ccccc23)cc1.c1ccc(N(c2ccccc2)c2cccc3c(-c4cccc5c6ccccc6n(-c6ccccc6)c45)cccc23)cc1. The Bertz CT molecular complexity index is 4650. The van der Waals surface area contributed by atoms with Crippen LogP contribution in [0.15, 0.2) is 340 Å². The molecule has 0 spiro atoms. The lowest BCUT2D eigenvalue weighted by Crippen LogP contribution is -2.10. The van der Waals surface area contributed by atoms with Gasteiger partial charge in [-0.25, -0.2) is 0 Å². The van der Waals surface area contributed by atoms with E-state index in [1.54, 1.807) is 0 Å². The molecule has 0 aliphatic carbocycles. The van der Waals surface area contributed by atoms with E-state index in [0.717, 1.165) is 45.5 Å². The van der Waals surface area contributed by atoms with Crippen LogP contribution in [0.2, 0.25) is 0 Å². The van der Waals surface area contributed by atoms with Crippen molar-refractivity contribution < 1.29 is 0 Å². The van der Waals surface area contributed by atoms with Crippen molar-refractivity contribution >= 4 is 99.3 Å². The molecule has 396 valence electrons. The Kier molecular flexibility index (Phi) is 12.9. The van der Waals surface area contributed by atoms with Crippen LogP contribution in [0.4, 0.5) is 34.1 Å².